The van der Waals surface area contributed by atoms with Gasteiger partial charge < -0.3 is 15.0 Å². The fourth-order valence-corrected chi connectivity index (χ4v) is 3.03. The number of hydrogen-bond acceptors (Lipinski definition) is 6. The molecule has 0 radical (unpaired) electrons. The van der Waals surface area contributed by atoms with Gasteiger partial charge in [0.1, 0.15) is 12.1 Å². The van der Waals surface area contributed by atoms with E-state index in [0.29, 0.717) is 12.5 Å². The number of fused-ring (bicyclic) bond motifs is 1. The molecule has 122 valence electrons. The number of hydrogen-bond donors (Lipinski definition) is 1. The van der Waals surface area contributed by atoms with Crippen molar-refractivity contribution in [3.8, 4) is 0 Å². The first-order valence-corrected chi connectivity index (χ1v) is 8.13. The molecule has 2 aromatic rings. The molecule has 1 atom stereocenters. The smallest absolute Gasteiger partial charge is 0.407 e. The summed E-state index contributed by atoms with van der Waals surface area (Å²) in [5.74, 6) is 1.44. The number of carbonyl (C=O) groups is 1. The average Bonchev–Trinajstić information content (AvgIpc) is 3.13. The van der Waals surface area contributed by atoms with Crippen LogP contribution in [0, 0.1) is 5.92 Å². The van der Waals surface area contributed by atoms with E-state index in [1.165, 1.54) is 19.3 Å². The van der Waals surface area contributed by atoms with E-state index in [1.54, 1.807) is 10.8 Å². The molecule has 8 heteroatoms. The predicted octanol–water partition coefficient (Wildman–Crippen LogP) is 1.23. The maximum absolute atomic E-state index is 11.8. The summed E-state index contributed by atoms with van der Waals surface area (Å²) in [5.41, 5.74) is 0.724. The summed E-state index contributed by atoms with van der Waals surface area (Å²) in [4.78, 5) is 14.0. The van der Waals surface area contributed by atoms with Crippen LogP contribution in [0.4, 0.5) is 10.6 Å². The molecule has 8 nitrogen and oxygen atoms in total. The van der Waals surface area contributed by atoms with Crippen molar-refractivity contribution in [1.29, 1.82) is 0 Å². The van der Waals surface area contributed by atoms with Crippen LogP contribution in [0.15, 0.2) is 18.5 Å². The molecule has 1 aliphatic carbocycles. The monoisotopic (exact) mass is 316 g/mol. The van der Waals surface area contributed by atoms with Gasteiger partial charge in [0.25, 0.3) is 0 Å². The quantitative estimate of drug-likeness (QED) is 0.913. The Kier molecular flexibility index (Phi) is 3.72. The summed E-state index contributed by atoms with van der Waals surface area (Å²) in [6.45, 7) is 2.14. The van der Waals surface area contributed by atoms with Crippen molar-refractivity contribution in [2.45, 2.75) is 31.7 Å². The lowest BCUT2D eigenvalue weighted by Crippen LogP contribution is -2.38. The summed E-state index contributed by atoms with van der Waals surface area (Å²) < 4.78 is 6.95. The topological polar surface area (TPSA) is 84.7 Å². The van der Waals surface area contributed by atoms with Crippen LogP contribution in [-0.2, 0) is 4.74 Å². The van der Waals surface area contributed by atoms with Gasteiger partial charge in [0.15, 0.2) is 5.65 Å². The first kappa shape index (κ1) is 14.2. The Labute approximate surface area is 133 Å². The standard InChI is InChI=1S/C15H20N6O2/c22-15(23-9-11-2-1-3-11)17-12-6-7-20(8-12)14-5-4-13-18-16-10-21(13)19-14/h4-5,10-12H,1-3,6-9H2,(H,17,22)/t12-/m1/s1. The zero-order chi connectivity index (χ0) is 15.6. The van der Waals surface area contributed by atoms with E-state index in [1.807, 2.05) is 12.1 Å². The van der Waals surface area contributed by atoms with Crippen LogP contribution in [-0.4, -0.2) is 51.6 Å². The molecule has 4 rings (SSSR count). The predicted molar refractivity (Wildman–Crippen MR) is 83.2 cm³/mol. The lowest BCUT2D eigenvalue weighted by Gasteiger charge is -2.25. The average molecular weight is 316 g/mol. The molecule has 1 amide bonds. The third-order valence-corrected chi connectivity index (χ3v) is 4.66. The maximum atomic E-state index is 11.8. The minimum atomic E-state index is -0.300. The Morgan fingerprint density at radius 2 is 2.26 bits per heavy atom. The van der Waals surface area contributed by atoms with Crippen LogP contribution in [0.1, 0.15) is 25.7 Å². The van der Waals surface area contributed by atoms with Gasteiger partial charge >= 0.3 is 6.09 Å². The Balaban J connectivity index is 1.30. The molecular weight excluding hydrogens is 296 g/mol. The minimum Gasteiger partial charge on any atom is -0.449 e. The number of amides is 1. The Hall–Kier alpha value is -2.38. The van der Waals surface area contributed by atoms with Crippen LogP contribution in [0.25, 0.3) is 5.65 Å². The largest absolute Gasteiger partial charge is 0.449 e. The van der Waals surface area contributed by atoms with Gasteiger partial charge in [-0.25, -0.2) is 4.79 Å². The fourth-order valence-electron chi connectivity index (χ4n) is 3.03. The number of anilines is 1. The van der Waals surface area contributed by atoms with Gasteiger partial charge in [-0.1, -0.05) is 6.42 Å². The highest BCUT2D eigenvalue weighted by Crippen LogP contribution is 2.26. The number of rotatable bonds is 4. The summed E-state index contributed by atoms with van der Waals surface area (Å²) in [7, 11) is 0. The SMILES string of the molecule is O=C(N[C@@H]1CCN(c2ccc3nncn3n2)C1)OCC1CCC1. The van der Waals surface area contributed by atoms with Crippen LogP contribution in [0.2, 0.25) is 0 Å². The van der Waals surface area contributed by atoms with Crippen molar-refractivity contribution in [2.75, 3.05) is 24.6 Å². The summed E-state index contributed by atoms with van der Waals surface area (Å²) in [5, 5.41) is 15.2. The highest BCUT2D eigenvalue weighted by atomic mass is 16.5. The zero-order valence-corrected chi connectivity index (χ0v) is 12.9. The molecule has 0 aromatic carbocycles. The molecule has 23 heavy (non-hydrogen) atoms. The second-order valence-corrected chi connectivity index (χ2v) is 6.30. The minimum absolute atomic E-state index is 0.0994. The van der Waals surface area contributed by atoms with Gasteiger partial charge in [0.05, 0.1) is 12.6 Å². The van der Waals surface area contributed by atoms with E-state index >= 15 is 0 Å². The van der Waals surface area contributed by atoms with Crippen molar-refractivity contribution < 1.29 is 9.53 Å². The van der Waals surface area contributed by atoms with E-state index in [-0.39, 0.29) is 12.1 Å². The second kappa shape index (κ2) is 6.02. The summed E-state index contributed by atoms with van der Waals surface area (Å²) >= 11 is 0. The van der Waals surface area contributed by atoms with Crippen molar-refractivity contribution in [3.05, 3.63) is 18.5 Å². The number of nitrogens with one attached hydrogen (secondary N) is 1. The third kappa shape index (κ3) is 3.06. The van der Waals surface area contributed by atoms with Crippen LogP contribution < -0.4 is 10.2 Å². The Morgan fingerprint density at radius 3 is 3.09 bits per heavy atom. The number of alkyl carbamates (subject to hydrolysis) is 1. The molecule has 0 unspecified atom stereocenters. The fraction of sp³-hybridized carbons (Fsp3) is 0.600. The molecule has 2 aliphatic rings. The van der Waals surface area contributed by atoms with Gasteiger partial charge in [0, 0.05) is 13.1 Å². The van der Waals surface area contributed by atoms with Crippen molar-refractivity contribution >= 4 is 17.6 Å². The number of carbonyl (C=O) groups excluding carboxylic acids is 1. The highest BCUT2D eigenvalue weighted by molar-refractivity contribution is 5.67. The molecule has 2 fully saturated rings. The van der Waals surface area contributed by atoms with E-state index < -0.39 is 0 Å². The van der Waals surface area contributed by atoms with Crippen molar-refractivity contribution in [3.63, 3.8) is 0 Å². The maximum Gasteiger partial charge on any atom is 0.407 e. The molecular formula is C15H20N6O2. The van der Waals surface area contributed by atoms with Crippen LogP contribution in [0.5, 0.6) is 0 Å². The highest BCUT2D eigenvalue weighted by Gasteiger charge is 2.26. The second-order valence-electron chi connectivity index (χ2n) is 6.30. The van der Waals surface area contributed by atoms with Crippen molar-refractivity contribution in [2.24, 2.45) is 5.92 Å². The summed E-state index contributed by atoms with van der Waals surface area (Å²) in [6, 6.07) is 3.92. The van der Waals surface area contributed by atoms with E-state index in [0.717, 1.165) is 31.0 Å². The van der Waals surface area contributed by atoms with Gasteiger partial charge in [-0.3, -0.25) is 0 Å². The van der Waals surface area contributed by atoms with Crippen molar-refractivity contribution in [1.82, 2.24) is 25.1 Å². The summed E-state index contributed by atoms with van der Waals surface area (Å²) in [6.07, 6.45) is 5.80. The zero-order valence-electron chi connectivity index (χ0n) is 12.9. The number of nitrogens with zero attached hydrogens (tertiary/aromatic N) is 5. The number of aromatic nitrogens is 4. The first-order valence-electron chi connectivity index (χ1n) is 8.13. The lowest BCUT2D eigenvalue weighted by molar-refractivity contribution is 0.102. The van der Waals surface area contributed by atoms with E-state index in [4.69, 9.17) is 4.74 Å². The van der Waals surface area contributed by atoms with Gasteiger partial charge in [-0.2, -0.15) is 4.52 Å². The first-order chi connectivity index (χ1) is 11.3. The Morgan fingerprint density at radius 1 is 1.35 bits per heavy atom. The molecule has 1 saturated heterocycles. The molecule has 1 N–H and O–H groups in total. The lowest BCUT2D eigenvalue weighted by atomic mass is 9.86. The van der Waals surface area contributed by atoms with E-state index in [9.17, 15) is 4.79 Å². The van der Waals surface area contributed by atoms with Gasteiger partial charge in [-0.15, -0.1) is 15.3 Å². The molecule has 3 heterocycles. The normalized spacial score (nSPS) is 21.4. The van der Waals surface area contributed by atoms with Gasteiger partial charge in [0.2, 0.25) is 0 Å². The van der Waals surface area contributed by atoms with Crippen LogP contribution >= 0.6 is 0 Å². The van der Waals surface area contributed by atoms with Crippen LogP contribution in [0.3, 0.4) is 0 Å². The number of ether oxygens (including phenoxy) is 1. The molecule has 2 aromatic heterocycles. The molecule has 0 bridgehead atoms. The third-order valence-electron chi connectivity index (χ3n) is 4.66. The van der Waals surface area contributed by atoms with E-state index in [2.05, 4.69) is 25.5 Å². The molecule has 1 saturated carbocycles. The van der Waals surface area contributed by atoms with Gasteiger partial charge in [-0.05, 0) is 37.3 Å². The Bertz CT molecular complexity index is 698. The molecule has 1 aliphatic heterocycles. The molecule has 0 spiro atoms.